The number of Topliss-reactive ketones (excluding diaryl/α,β-unsaturated/α-hetero) is 3. The molecule has 0 saturated heterocycles. The Morgan fingerprint density at radius 3 is 2.14 bits per heavy atom. The van der Waals surface area contributed by atoms with E-state index in [-0.39, 0.29) is 37.6 Å². The largest absolute Gasteiger partial charge is 0.445 e. The van der Waals surface area contributed by atoms with Crippen LogP contribution in [0.3, 0.4) is 0 Å². The summed E-state index contributed by atoms with van der Waals surface area (Å²) in [5, 5.41) is 12.9. The molecule has 0 radical (unpaired) electrons. The number of aliphatic hydroxyl groups is 1. The van der Waals surface area contributed by atoms with Crippen molar-refractivity contribution in [1.29, 1.82) is 0 Å². The minimum atomic E-state index is -0.842. The number of carbonyl (C=O) groups is 4. The Morgan fingerprint density at radius 1 is 0.944 bits per heavy atom. The Hall–Kier alpha value is -3.32. The molecule has 3 atom stereocenters. The number of ether oxygens (including phenoxy) is 1. The van der Waals surface area contributed by atoms with Gasteiger partial charge in [0.2, 0.25) is 5.78 Å². The molecule has 0 spiro atoms. The Labute approximate surface area is 213 Å². The van der Waals surface area contributed by atoms with Crippen molar-refractivity contribution >= 4 is 23.4 Å². The molecule has 0 aliphatic rings. The zero-order valence-electron chi connectivity index (χ0n) is 21.3. The Morgan fingerprint density at radius 2 is 1.56 bits per heavy atom. The lowest BCUT2D eigenvalue weighted by Crippen LogP contribution is -2.43. The molecule has 0 heterocycles. The average molecular weight is 496 g/mol. The summed E-state index contributed by atoms with van der Waals surface area (Å²) < 4.78 is 5.25. The highest BCUT2D eigenvalue weighted by Gasteiger charge is 2.30. The second-order valence-electron chi connectivity index (χ2n) is 9.42. The summed E-state index contributed by atoms with van der Waals surface area (Å²) >= 11 is 0. The number of hydrogen-bond donors (Lipinski definition) is 2. The van der Waals surface area contributed by atoms with Crippen LogP contribution in [0, 0.1) is 11.8 Å². The predicted octanol–water partition coefficient (Wildman–Crippen LogP) is 4.96. The topological polar surface area (TPSA) is 110 Å². The normalized spacial score (nSPS) is 13.5. The number of rotatable bonds is 15. The molecular weight excluding hydrogens is 458 g/mol. The molecular formula is C29H37NO6. The summed E-state index contributed by atoms with van der Waals surface area (Å²) in [6.07, 6.45) is -0.943. The molecule has 7 heteroatoms. The van der Waals surface area contributed by atoms with Crippen LogP contribution in [0.4, 0.5) is 4.79 Å². The number of aliphatic hydroxyl groups excluding tert-OH is 1. The Balaban J connectivity index is 1.92. The van der Waals surface area contributed by atoms with Crippen molar-refractivity contribution in [3.8, 4) is 0 Å². The quantitative estimate of drug-likeness (QED) is 0.338. The first-order chi connectivity index (χ1) is 17.2. The second-order valence-corrected chi connectivity index (χ2v) is 9.42. The fourth-order valence-electron chi connectivity index (χ4n) is 3.92. The van der Waals surface area contributed by atoms with Crippen LogP contribution in [0.2, 0.25) is 0 Å². The van der Waals surface area contributed by atoms with Crippen molar-refractivity contribution in [2.24, 2.45) is 11.8 Å². The number of ketones is 3. The zero-order valence-corrected chi connectivity index (χ0v) is 21.3. The number of carbonyl (C=O) groups excluding carboxylic acids is 4. The molecule has 2 rings (SSSR count). The van der Waals surface area contributed by atoms with Crippen LogP contribution in [0.15, 0.2) is 60.7 Å². The predicted molar refractivity (Wildman–Crippen MR) is 137 cm³/mol. The van der Waals surface area contributed by atoms with Gasteiger partial charge in [-0.05, 0) is 36.3 Å². The van der Waals surface area contributed by atoms with Crippen LogP contribution >= 0.6 is 0 Å². The number of benzene rings is 2. The highest BCUT2D eigenvalue weighted by molar-refractivity contribution is 6.38. The summed E-state index contributed by atoms with van der Waals surface area (Å²) in [7, 11) is 0. The fourth-order valence-corrected chi connectivity index (χ4v) is 3.92. The van der Waals surface area contributed by atoms with Crippen molar-refractivity contribution in [3.63, 3.8) is 0 Å². The minimum Gasteiger partial charge on any atom is -0.445 e. The second kappa shape index (κ2) is 14.9. The summed E-state index contributed by atoms with van der Waals surface area (Å²) in [6.45, 7) is 5.69. The molecule has 0 aliphatic heterocycles. The van der Waals surface area contributed by atoms with E-state index in [1.165, 1.54) is 0 Å². The van der Waals surface area contributed by atoms with Crippen LogP contribution < -0.4 is 5.32 Å². The third-order valence-corrected chi connectivity index (χ3v) is 6.02. The molecule has 2 aromatic carbocycles. The maximum absolute atomic E-state index is 13.1. The summed E-state index contributed by atoms with van der Waals surface area (Å²) in [6, 6.07) is 17.3. The fraction of sp³-hybridized carbons (Fsp3) is 0.448. The van der Waals surface area contributed by atoms with Crippen molar-refractivity contribution in [1.82, 2.24) is 5.32 Å². The van der Waals surface area contributed by atoms with Gasteiger partial charge in [0.15, 0.2) is 11.6 Å². The SMILES string of the molecule is CCC(CC(=O)C(CC(C)C)NC(=O)OCc1ccccc1)C(=O)C(=O)CCC(O)c1ccccc1. The van der Waals surface area contributed by atoms with Gasteiger partial charge in [0, 0.05) is 18.8 Å². The van der Waals surface area contributed by atoms with E-state index in [2.05, 4.69) is 5.32 Å². The average Bonchev–Trinajstić information content (AvgIpc) is 2.88. The van der Waals surface area contributed by atoms with Gasteiger partial charge in [0.25, 0.3) is 0 Å². The van der Waals surface area contributed by atoms with E-state index in [1.807, 2.05) is 50.2 Å². The van der Waals surface area contributed by atoms with Crippen LogP contribution in [0.25, 0.3) is 0 Å². The zero-order chi connectivity index (χ0) is 26.5. The van der Waals surface area contributed by atoms with Crippen molar-refractivity contribution in [3.05, 3.63) is 71.8 Å². The molecule has 7 nitrogen and oxygen atoms in total. The first-order valence-electron chi connectivity index (χ1n) is 12.5. The lowest BCUT2D eigenvalue weighted by atomic mass is 9.87. The monoisotopic (exact) mass is 495 g/mol. The number of alkyl carbamates (subject to hydrolysis) is 1. The van der Waals surface area contributed by atoms with Gasteiger partial charge in [-0.1, -0.05) is 81.4 Å². The lowest BCUT2D eigenvalue weighted by Gasteiger charge is -2.21. The molecule has 194 valence electrons. The van der Waals surface area contributed by atoms with E-state index in [1.54, 1.807) is 31.2 Å². The molecule has 2 N–H and O–H groups in total. The summed E-state index contributed by atoms with van der Waals surface area (Å²) in [4.78, 5) is 50.7. The first kappa shape index (κ1) is 28.9. The van der Waals surface area contributed by atoms with Crippen LogP contribution in [0.1, 0.15) is 70.1 Å². The highest BCUT2D eigenvalue weighted by atomic mass is 16.5. The smallest absolute Gasteiger partial charge is 0.408 e. The minimum absolute atomic E-state index is 0.0780. The number of nitrogens with one attached hydrogen (secondary N) is 1. The van der Waals surface area contributed by atoms with Gasteiger partial charge in [0.1, 0.15) is 6.61 Å². The van der Waals surface area contributed by atoms with Crippen molar-refractivity contribution in [2.45, 2.75) is 71.6 Å². The van der Waals surface area contributed by atoms with Gasteiger partial charge in [-0.3, -0.25) is 14.4 Å². The molecule has 3 unspecified atom stereocenters. The molecule has 0 aliphatic carbocycles. The van der Waals surface area contributed by atoms with E-state index >= 15 is 0 Å². The van der Waals surface area contributed by atoms with Crippen LogP contribution in [0.5, 0.6) is 0 Å². The van der Waals surface area contributed by atoms with Gasteiger partial charge in [0.05, 0.1) is 12.1 Å². The molecule has 36 heavy (non-hydrogen) atoms. The third-order valence-electron chi connectivity index (χ3n) is 6.02. The van der Waals surface area contributed by atoms with E-state index in [0.29, 0.717) is 18.4 Å². The summed E-state index contributed by atoms with van der Waals surface area (Å²) in [5.74, 6) is -2.17. The van der Waals surface area contributed by atoms with E-state index < -0.39 is 35.7 Å². The molecule has 0 aromatic heterocycles. The van der Waals surface area contributed by atoms with E-state index in [9.17, 15) is 24.3 Å². The molecule has 2 aromatic rings. The summed E-state index contributed by atoms with van der Waals surface area (Å²) in [5.41, 5.74) is 1.51. The van der Waals surface area contributed by atoms with Crippen molar-refractivity contribution in [2.75, 3.05) is 0 Å². The van der Waals surface area contributed by atoms with Crippen LogP contribution in [-0.4, -0.2) is 34.6 Å². The molecule has 0 fully saturated rings. The maximum atomic E-state index is 13.1. The maximum Gasteiger partial charge on any atom is 0.408 e. The highest BCUT2D eigenvalue weighted by Crippen LogP contribution is 2.21. The van der Waals surface area contributed by atoms with Crippen molar-refractivity contribution < 1.29 is 29.0 Å². The molecule has 0 bridgehead atoms. The van der Waals surface area contributed by atoms with Crippen LogP contribution in [-0.2, 0) is 25.7 Å². The molecule has 1 amide bonds. The van der Waals surface area contributed by atoms with Gasteiger partial charge in [-0.15, -0.1) is 0 Å². The molecule has 0 saturated carbocycles. The third kappa shape index (κ3) is 9.74. The van der Waals surface area contributed by atoms with Gasteiger partial charge in [-0.2, -0.15) is 0 Å². The Bertz CT molecular complexity index is 989. The Kier molecular flexibility index (Phi) is 12.0. The van der Waals surface area contributed by atoms with E-state index in [0.717, 1.165) is 5.56 Å². The lowest BCUT2D eigenvalue weighted by molar-refractivity contribution is -0.140. The van der Waals surface area contributed by atoms with Gasteiger partial charge >= 0.3 is 6.09 Å². The number of hydrogen-bond acceptors (Lipinski definition) is 6. The van der Waals surface area contributed by atoms with Gasteiger partial charge < -0.3 is 15.2 Å². The number of amides is 1. The standard InChI is InChI=1S/C29H37NO6/c1-4-22(28(34)26(32)16-15-25(31)23-13-9-6-10-14-23)18-27(33)24(17-20(2)3)30-29(35)36-19-21-11-7-5-8-12-21/h5-14,20,22,24-25,31H,4,15-19H2,1-3H3,(H,30,35). The first-order valence-corrected chi connectivity index (χ1v) is 12.5. The van der Waals surface area contributed by atoms with E-state index in [4.69, 9.17) is 4.74 Å². The van der Waals surface area contributed by atoms with Gasteiger partial charge in [-0.25, -0.2) is 4.79 Å².